The molecule has 4 atom stereocenters. The van der Waals surface area contributed by atoms with Crippen molar-refractivity contribution in [2.75, 3.05) is 20.1 Å². The monoisotopic (exact) mass is 441 g/mol. The Kier molecular flexibility index (Phi) is 11.1. The van der Waals surface area contributed by atoms with Crippen molar-refractivity contribution < 1.29 is 23.4 Å². The van der Waals surface area contributed by atoms with Gasteiger partial charge in [-0.2, -0.15) is 0 Å². The number of rotatable bonds is 13. The third kappa shape index (κ3) is 7.11. The Morgan fingerprint density at radius 1 is 1.03 bits per heavy atom. The SMILES string of the molecule is CCOC(=O)[C@@H](NP(=O)(COC)Oc1c(C(C)CC)cccc1C(C)CC)C(C)C. The smallest absolute Gasteiger partial charge is 0.342 e. The van der Waals surface area contributed by atoms with Crippen LogP contribution in [0.1, 0.15) is 84.3 Å². The summed E-state index contributed by atoms with van der Waals surface area (Å²) >= 11 is 0. The maximum absolute atomic E-state index is 13.9. The summed E-state index contributed by atoms with van der Waals surface area (Å²) in [5.74, 6) is 0.554. The van der Waals surface area contributed by atoms with E-state index in [1.165, 1.54) is 7.11 Å². The van der Waals surface area contributed by atoms with E-state index < -0.39 is 19.5 Å². The van der Waals surface area contributed by atoms with Crippen LogP contribution in [0.5, 0.6) is 5.75 Å². The fourth-order valence-electron chi connectivity index (χ4n) is 3.22. The van der Waals surface area contributed by atoms with Gasteiger partial charge in [0.05, 0.1) is 6.61 Å². The summed E-state index contributed by atoms with van der Waals surface area (Å²) in [6, 6.07) is 5.32. The van der Waals surface area contributed by atoms with Gasteiger partial charge in [-0.3, -0.25) is 9.36 Å². The second-order valence-corrected chi connectivity index (χ2v) is 10.2. The zero-order valence-corrected chi connectivity index (χ0v) is 20.8. The first kappa shape index (κ1) is 26.7. The van der Waals surface area contributed by atoms with E-state index >= 15 is 0 Å². The lowest BCUT2D eigenvalue weighted by atomic mass is 9.90. The highest BCUT2D eigenvalue weighted by atomic mass is 31.2. The number of hydrogen-bond acceptors (Lipinski definition) is 5. The summed E-state index contributed by atoms with van der Waals surface area (Å²) in [5, 5.41) is 2.97. The standard InChI is InChI=1S/C23H40NO5P/c1-9-17(6)19-13-12-14-20(18(7)10-2)22(19)29-30(26,15-27-8)24-21(16(4)5)23(25)28-11-3/h12-14,16-18,21H,9-11,15H2,1-8H3,(H,24,26)/t17?,18?,21-,30?/m0/s1. The number of benzene rings is 1. The molecule has 1 rings (SSSR count). The van der Waals surface area contributed by atoms with Crippen LogP contribution in [-0.2, 0) is 18.8 Å². The molecule has 3 unspecified atom stereocenters. The van der Waals surface area contributed by atoms with E-state index in [9.17, 15) is 9.36 Å². The van der Waals surface area contributed by atoms with Gasteiger partial charge in [0, 0.05) is 7.11 Å². The summed E-state index contributed by atoms with van der Waals surface area (Å²) < 4.78 is 30.6. The van der Waals surface area contributed by atoms with E-state index in [0.717, 1.165) is 24.0 Å². The second kappa shape index (κ2) is 12.5. The highest BCUT2D eigenvalue weighted by Gasteiger charge is 2.36. The van der Waals surface area contributed by atoms with Crippen molar-refractivity contribution in [1.29, 1.82) is 0 Å². The summed E-state index contributed by atoms with van der Waals surface area (Å²) in [7, 11) is -2.08. The van der Waals surface area contributed by atoms with Crippen molar-refractivity contribution in [2.24, 2.45) is 5.92 Å². The molecule has 0 fully saturated rings. The predicted molar refractivity (Wildman–Crippen MR) is 122 cm³/mol. The highest BCUT2D eigenvalue weighted by molar-refractivity contribution is 7.57. The van der Waals surface area contributed by atoms with Crippen LogP contribution < -0.4 is 9.61 Å². The van der Waals surface area contributed by atoms with E-state index in [1.54, 1.807) is 6.92 Å². The fourth-order valence-corrected chi connectivity index (χ4v) is 5.07. The minimum Gasteiger partial charge on any atom is -0.465 e. The van der Waals surface area contributed by atoms with Gasteiger partial charge in [0.1, 0.15) is 18.1 Å². The molecule has 0 aliphatic carbocycles. The van der Waals surface area contributed by atoms with Crippen molar-refractivity contribution in [3.05, 3.63) is 29.3 Å². The number of nitrogens with one attached hydrogen (secondary N) is 1. The normalized spacial score (nSPS) is 16.6. The van der Waals surface area contributed by atoms with Gasteiger partial charge >= 0.3 is 13.5 Å². The molecule has 1 aromatic carbocycles. The van der Waals surface area contributed by atoms with Crippen LogP contribution in [0.25, 0.3) is 0 Å². The third-order valence-corrected chi connectivity index (χ3v) is 7.19. The Morgan fingerprint density at radius 3 is 1.97 bits per heavy atom. The summed E-state index contributed by atoms with van der Waals surface area (Å²) in [6.45, 7) is 14.3. The van der Waals surface area contributed by atoms with Gasteiger partial charge in [-0.05, 0) is 48.6 Å². The number of para-hydroxylation sites is 1. The van der Waals surface area contributed by atoms with Gasteiger partial charge in [0.2, 0.25) is 0 Å². The number of carbonyl (C=O) groups is 1. The minimum atomic E-state index is -3.56. The first-order valence-corrected chi connectivity index (χ1v) is 12.8. The van der Waals surface area contributed by atoms with Crippen LogP contribution in [0.15, 0.2) is 18.2 Å². The van der Waals surface area contributed by atoms with Crippen molar-refractivity contribution in [2.45, 2.75) is 79.2 Å². The molecule has 0 aliphatic rings. The van der Waals surface area contributed by atoms with E-state index in [2.05, 4.69) is 32.8 Å². The number of carbonyl (C=O) groups excluding carboxylic acids is 1. The number of esters is 1. The van der Waals surface area contributed by atoms with E-state index in [0.29, 0.717) is 5.75 Å². The molecule has 0 saturated carbocycles. The molecular formula is C23H40NO5P. The van der Waals surface area contributed by atoms with Gasteiger partial charge in [-0.15, -0.1) is 0 Å². The first-order valence-electron chi connectivity index (χ1n) is 11.0. The maximum Gasteiger partial charge on any atom is 0.342 e. The second-order valence-electron chi connectivity index (χ2n) is 8.17. The molecule has 6 nitrogen and oxygen atoms in total. The van der Waals surface area contributed by atoms with Gasteiger partial charge in [0.15, 0.2) is 0 Å². The molecule has 0 aliphatic heterocycles. The lowest BCUT2D eigenvalue weighted by molar-refractivity contribution is -0.146. The lowest BCUT2D eigenvalue weighted by Gasteiger charge is -2.29. The molecule has 0 bridgehead atoms. The van der Waals surface area contributed by atoms with Gasteiger partial charge in [-0.25, -0.2) is 5.09 Å². The molecule has 1 aromatic rings. The molecule has 0 saturated heterocycles. The molecule has 30 heavy (non-hydrogen) atoms. The predicted octanol–water partition coefficient (Wildman–Crippen LogP) is 6.07. The van der Waals surface area contributed by atoms with Crippen LogP contribution in [0.4, 0.5) is 0 Å². The zero-order valence-electron chi connectivity index (χ0n) is 19.9. The minimum absolute atomic E-state index is 0.128. The molecule has 0 heterocycles. The van der Waals surface area contributed by atoms with Gasteiger partial charge in [0.25, 0.3) is 0 Å². The van der Waals surface area contributed by atoms with Crippen LogP contribution >= 0.6 is 7.52 Å². The Bertz CT molecular complexity index is 693. The molecule has 0 spiro atoms. The zero-order chi connectivity index (χ0) is 22.9. The van der Waals surface area contributed by atoms with Crippen LogP contribution in [0.3, 0.4) is 0 Å². The Morgan fingerprint density at radius 2 is 1.57 bits per heavy atom. The highest BCUT2D eigenvalue weighted by Crippen LogP contribution is 2.49. The number of ether oxygens (including phenoxy) is 2. The number of methoxy groups -OCH3 is 1. The third-order valence-electron chi connectivity index (χ3n) is 5.44. The van der Waals surface area contributed by atoms with E-state index in [1.807, 2.05) is 32.0 Å². The molecule has 7 heteroatoms. The van der Waals surface area contributed by atoms with E-state index in [-0.39, 0.29) is 30.7 Å². The largest absolute Gasteiger partial charge is 0.465 e. The van der Waals surface area contributed by atoms with Gasteiger partial charge < -0.3 is 14.0 Å². The van der Waals surface area contributed by atoms with Gasteiger partial charge in [-0.1, -0.05) is 59.7 Å². The fraction of sp³-hybridized carbons (Fsp3) is 0.696. The van der Waals surface area contributed by atoms with Crippen LogP contribution in [0, 0.1) is 5.92 Å². The van der Waals surface area contributed by atoms with Crippen LogP contribution in [-0.4, -0.2) is 32.1 Å². The Labute approximate surface area is 182 Å². The number of hydrogen-bond donors (Lipinski definition) is 1. The van der Waals surface area contributed by atoms with Crippen molar-refractivity contribution in [3.8, 4) is 5.75 Å². The van der Waals surface area contributed by atoms with Crippen LogP contribution in [0.2, 0.25) is 0 Å². The van der Waals surface area contributed by atoms with Crippen molar-refractivity contribution >= 4 is 13.5 Å². The quantitative estimate of drug-likeness (QED) is 0.296. The molecule has 0 radical (unpaired) electrons. The summed E-state index contributed by atoms with van der Waals surface area (Å²) in [6.07, 6.45) is 1.71. The molecule has 0 amide bonds. The maximum atomic E-state index is 13.9. The molecule has 0 aromatic heterocycles. The summed E-state index contributed by atoms with van der Waals surface area (Å²) in [4.78, 5) is 12.5. The Hall–Kier alpha value is -1.36. The van der Waals surface area contributed by atoms with E-state index in [4.69, 9.17) is 14.0 Å². The lowest BCUT2D eigenvalue weighted by Crippen LogP contribution is -2.42. The first-order chi connectivity index (χ1) is 14.1. The average molecular weight is 442 g/mol. The molecular weight excluding hydrogens is 401 g/mol. The van der Waals surface area contributed by atoms with Crippen molar-refractivity contribution in [3.63, 3.8) is 0 Å². The topological polar surface area (TPSA) is 73.9 Å². The van der Waals surface area contributed by atoms with Crippen molar-refractivity contribution in [1.82, 2.24) is 5.09 Å². The molecule has 1 N–H and O–H groups in total. The average Bonchev–Trinajstić information content (AvgIpc) is 2.71. The Balaban J connectivity index is 3.44. The molecule has 172 valence electrons. The summed E-state index contributed by atoms with van der Waals surface area (Å²) in [5.41, 5.74) is 2.04.